The second-order valence-electron chi connectivity index (χ2n) is 14.2. The van der Waals surface area contributed by atoms with E-state index in [1.165, 1.54) is 21.5 Å². The van der Waals surface area contributed by atoms with E-state index >= 15 is 0 Å². The molecule has 0 heterocycles. The molecule has 0 radical (unpaired) electrons. The first-order valence-electron chi connectivity index (χ1n) is 20.9. The molecular formula is C56H39N. The zero-order chi connectivity index (χ0) is 40.6. The van der Waals surface area contributed by atoms with E-state index in [0.29, 0.717) is 16.8 Å². The van der Waals surface area contributed by atoms with E-state index in [1.54, 1.807) is 0 Å². The van der Waals surface area contributed by atoms with E-state index in [4.69, 9.17) is 0 Å². The van der Waals surface area contributed by atoms with Crippen LogP contribution in [0.5, 0.6) is 0 Å². The molecule has 57 heavy (non-hydrogen) atoms. The zero-order valence-electron chi connectivity index (χ0n) is 34.2. The molecule has 10 aromatic rings. The van der Waals surface area contributed by atoms with Gasteiger partial charge in [-0.15, -0.1) is 0 Å². The van der Waals surface area contributed by atoms with Crippen molar-refractivity contribution in [2.24, 2.45) is 0 Å². The first-order chi connectivity index (χ1) is 29.5. The fourth-order valence-corrected chi connectivity index (χ4v) is 8.02. The van der Waals surface area contributed by atoms with Gasteiger partial charge >= 0.3 is 0 Å². The third-order valence-corrected chi connectivity index (χ3v) is 10.8. The van der Waals surface area contributed by atoms with Crippen LogP contribution in [0.2, 0.25) is 0 Å². The molecule has 10 aromatic carbocycles. The van der Waals surface area contributed by atoms with Crippen LogP contribution in [0, 0.1) is 0 Å². The van der Waals surface area contributed by atoms with Gasteiger partial charge in [0.1, 0.15) is 0 Å². The predicted molar refractivity (Wildman–Crippen MR) is 243 cm³/mol. The average Bonchev–Trinajstić information content (AvgIpc) is 3.31. The Hall–Kier alpha value is -7.48. The second-order valence-corrected chi connectivity index (χ2v) is 14.2. The van der Waals surface area contributed by atoms with Gasteiger partial charge < -0.3 is 4.90 Å². The summed E-state index contributed by atoms with van der Waals surface area (Å²) in [5.41, 5.74) is 11.4. The molecule has 0 aliphatic rings. The SMILES string of the molecule is [2H]c1c([2H])c(N(c2ccc(-c3cccc4ccccc34)cc2)c2ccc(-c3c(-c4ccccc4)ccc4ccccc34)cc2)c(-c2ccccc2)c([2H])c1-c1ccccc1. The molecule has 0 saturated heterocycles. The van der Waals surface area contributed by atoms with Crippen molar-refractivity contribution in [1.29, 1.82) is 0 Å². The molecule has 0 aliphatic carbocycles. The quantitative estimate of drug-likeness (QED) is 0.151. The molecule has 0 spiro atoms. The summed E-state index contributed by atoms with van der Waals surface area (Å²) < 4.78 is 29.2. The molecule has 0 aromatic heterocycles. The normalized spacial score (nSPS) is 11.9. The van der Waals surface area contributed by atoms with Crippen LogP contribution in [0.3, 0.4) is 0 Å². The molecule has 0 saturated carbocycles. The van der Waals surface area contributed by atoms with Crippen LogP contribution in [0.15, 0.2) is 237 Å². The van der Waals surface area contributed by atoms with Crippen LogP contribution in [-0.4, -0.2) is 0 Å². The zero-order valence-corrected chi connectivity index (χ0v) is 31.2. The standard InChI is InChI=1S/C56H39N/c1-4-15-40(16-5-1)47-32-38-55(54(39-47)43-19-8-3-9-20-43)57(48-33-27-45(28-34-48)51-26-14-23-41-21-10-12-24-50(41)51)49-35-29-46(30-36-49)56-52-25-13-11-22-44(52)31-37-53(56)42-17-6-2-7-18-42/h1-39H/i32D,38D,39D. The fraction of sp³-hybridized carbons (Fsp3) is 0. The highest BCUT2D eigenvalue weighted by molar-refractivity contribution is 6.04. The molecule has 1 heteroatoms. The number of fused-ring (bicyclic) bond motifs is 2. The molecule has 0 atom stereocenters. The van der Waals surface area contributed by atoms with Gasteiger partial charge in [-0.3, -0.25) is 0 Å². The Morgan fingerprint density at radius 1 is 0.298 bits per heavy atom. The average molecular weight is 729 g/mol. The van der Waals surface area contributed by atoms with Crippen molar-refractivity contribution >= 4 is 38.6 Å². The third kappa shape index (κ3) is 6.56. The van der Waals surface area contributed by atoms with Crippen molar-refractivity contribution in [1.82, 2.24) is 0 Å². The molecule has 0 N–H and O–H groups in total. The smallest absolute Gasteiger partial charge is 0.0645 e. The molecule has 0 unspecified atom stereocenters. The molecule has 268 valence electrons. The van der Waals surface area contributed by atoms with Gasteiger partial charge in [0.05, 0.1) is 9.80 Å². The Labute approximate surface area is 338 Å². The monoisotopic (exact) mass is 728 g/mol. The maximum Gasteiger partial charge on any atom is 0.0645 e. The summed E-state index contributed by atoms with van der Waals surface area (Å²) in [6, 6.07) is 75.0. The van der Waals surface area contributed by atoms with E-state index in [9.17, 15) is 4.11 Å². The van der Waals surface area contributed by atoms with Gasteiger partial charge in [0.25, 0.3) is 0 Å². The van der Waals surface area contributed by atoms with E-state index in [0.717, 1.165) is 55.9 Å². The Kier molecular flexibility index (Phi) is 8.10. The van der Waals surface area contributed by atoms with E-state index in [1.807, 2.05) is 66.7 Å². The number of hydrogen-bond acceptors (Lipinski definition) is 1. The van der Waals surface area contributed by atoms with Gasteiger partial charge in [-0.25, -0.2) is 0 Å². The molecule has 0 amide bonds. The minimum atomic E-state index is 0.0122. The number of benzene rings is 10. The van der Waals surface area contributed by atoms with Gasteiger partial charge in [0.15, 0.2) is 0 Å². The second kappa shape index (κ2) is 15.0. The summed E-state index contributed by atoms with van der Waals surface area (Å²) in [7, 11) is 0. The van der Waals surface area contributed by atoms with Crippen molar-refractivity contribution in [2.75, 3.05) is 4.90 Å². The predicted octanol–water partition coefficient (Wildman–Crippen LogP) is 15.8. The number of rotatable bonds is 8. The molecule has 0 bridgehead atoms. The van der Waals surface area contributed by atoms with Gasteiger partial charge in [-0.2, -0.15) is 0 Å². The topological polar surface area (TPSA) is 3.24 Å². The summed E-state index contributed by atoms with van der Waals surface area (Å²) in [6.45, 7) is 0. The summed E-state index contributed by atoms with van der Waals surface area (Å²) in [5, 5.41) is 4.69. The van der Waals surface area contributed by atoms with Crippen molar-refractivity contribution in [2.45, 2.75) is 0 Å². The molecule has 1 nitrogen and oxygen atoms in total. The first kappa shape index (κ1) is 30.8. The molecule has 0 aliphatic heterocycles. The van der Waals surface area contributed by atoms with Crippen molar-refractivity contribution in [3.63, 3.8) is 0 Å². The Bertz CT molecular complexity index is 3140. The largest absolute Gasteiger partial charge is 0.310 e. The van der Waals surface area contributed by atoms with Gasteiger partial charge in [-0.05, 0) is 108 Å². The van der Waals surface area contributed by atoms with Gasteiger partial charge in [0.2, 0.25) is 0 Å². The minimum absolute atomic E-state index is 0.0122. The van der Waals surface area contributed by atoms with Gasteiger partial charge in [-0.1, -0.05) is 200 Å². The van der Waals surface area contributed by atoms with Crippen molar-refractivity contribution < 1.29 is 4.11 Å². The number of anilines is 3. The maximum atomic E-state index is 9.85. The van der Waals surface area contributed by atoms with Gasteiger partial charge in [0, 0.05) is 16.9 Å². The Balaban J connectivity index is 1.20. The maximum absolute atomic E-state index is 9.85. The van der Waals surface area contributed by atoms with E-state index in [-0.39, 0.29) is 18.1 Å². The lowest BCUT2D eigenvalue weighted by Crippen LogP contribution is -2.11. The number of hydrogen-bond donors (Lipinski definition) is 0. The lowest BCUT2D eigenvalue weighted by Gasteiger charge is -2.29. The third-order valence-electron chi connectivity index (χ3n) is 10.8. The van der Waals surface area contributed by atoms with E-state index in [2.05, 4.69) is 157 Å². The lowest BCUT2D eigenvalue weighted by atomic mass is 9.89. The summed E-state index contributed by atoms with van der Waals surface area (Å²) in [4.78, 5) is 2.06. The van der Waals surface area contributed by atoms with Crippen LogP contribution in [-0.2, 0) is 0 Å². The highest BCUT2D eigenvalue weighted by Gasteiger charge is 2.20. The van der Waals surface area contributed by atoms with Crippen LogP contribution in [0.4, 0.5) is 17.1 Å². The fourth-order valence-electron chi connectivity index (χ4n) is 8.02. The lowest BCUT2D eigenvalue weighted by molar-refractivity contribution is 1.28. The highest BCUT2D eigenvalue weighted by Crippen LogP contribution is 2.45. The summed E-state index contributed by atoms with van der Waals surface area (Å²) in [5.74, 6) is 0. The van der Waals surface area contributed by atoms with Crippen LogP contribution >= 0.6 is 0 Å². The molecular weight excluding hydrogens is 687 g/mol. The number of nitrogens with zero attached hydrogens (tertiary/aromatic N) is 1. The van der Waals surface area contributed by atoms with Crippen LogP contribution < -0.4 is 4.90 Å². The van der Waals surface area contributed by atoms with E-state index < -0.39 is 0 Å². The summed E-state index contributed by atoms with van der Waals surface area (Å²) >= 11 is 0. The minimum Gasteiger partial charge on any atom is -0.310 e. The van der Waals surface area contributed by atoms with Crippen molar-refractivity contribution in [3.05, 3.63) is 237 Å². The highest BCUT2D eigenvalue weighted by atomic mass is 15.1. The van der Waals surface area contributed by atoms with Crippen LogP contribution in [0.1, 0.15) is 4.11 Å². The van der Waals surface area contributed by atoms with Crippen molar-refractivity contribution in [3.8, 4) is 55.6 Å². The Morgan fingerprint density at radius 2 is 0.789 bits per heavy atom. The molecule has 0 fully saturated rings. The first-order valence-corrected chi connectivity index (χ1v) is 19.4. The Morgan fingerprint density at radius 3 is 1.44 bits per heavy atom. The van der Waals surface area contributed by atoms with Crippen LogP contribution in [0.25, 0.3) is 77.2 Å². The molecule has 10 rings (SSSR count). The summed E-state index contributed by atoms with van der Waals surface area (Å²) in [6.07, 6.45) is 0.